The molecule has 1 saturated carbocycles. The van der Waals surface area contributed by atoms with Crippen LogP contribution in [-0.4, -0.2) is 19.0 Å². The van der Waals surface area contributed by atoms with Gasteiger partial charge in [-0.25, -0.2) is 13.6 Å². The van der Waals surface area contributed by atoms with Crippen LogP contribution in [0.3, 0.4) is 0 Å². The van der Waals surface area contributed by atoms with Crippen LogP contribution < -0.4 is 5.32 Å². The number of furan rings is 1. The van der Waals surface area contributed by atoms with E-state index in [-0.39, 0.29) is 17.5 Å². The van der Waals surface area contributed by atoms with Gasteiger partial charge in [-0.3, -0.25) is 4.79 Å². The van der Waals surface area contributed by atoms with E-state index in [0.717, 1.165) is 13.2 Å². The van der Waals surface area contributed by atoms with E-state index in [1.807, 2.05) is 0 Å². The maximum absolute atomic E-state index is 13.8. The molecule has 1 heterocycles. The van der Waals surface area contributed by atoms with E-state index in [1.54, 1.807) is 12.1 Å². The predicted octanol–water partition coefficient (Wildman–Crippen LogP) is 3.09. The van der Waals surface area contributed by atoms with Crippen LogP contribution in [0.5, 0.6) is 0 Å². The second-order valence-corrected chi connectivity index (χ2v) is 5.26. The van der Waals surface area contributed by atoms with Crippen LogP contribution >= 0.6 is 0 Å². The third kappa shape index (κ3) is 2.94. The average molecular weight is 321 g/mol. The lowest BCUT2D eigenvalue weighted by Gasteiger charge is -2.09. The zero-order valence-corrected chi connectivity index (χ0v) is 12.1. The van der Waals surface area contributed by atoms with Gasteiger partial charge in [0.1, 0.15) is 17.4 Å². The Labute approximate surface area is 130 Å². The third-order valence-electron chi connectivity index (χ3n) is 3.76. The summed E-state index contributed by atoms with van der Waals surface area (Å²) >= 11 is 0. The van der Waals surface area contributed by atoms with Crippen LogP contribution in [0.1, 0.15) is 28.5 Å². The third-order valence-corrected chi connectivity index (χ3v) is 3.76. The Morgan fingerprint density at radius 3 is 2.74 bits per heavy atom. The molecule has 0 bridgehead atoms. The van der Waals surface area contributed by atoms with Gasteiger partial charge >= 0.3 is 5.97 Å². The van der Waals surface area contributed by atoms with Crippen LogP contribution in [0.25, 0.3) is 0 Å². The second-order valence-electron chi connectivity index (χ2n) is 5.26. The maximum atomic E-state index is 13.8. The minimum Gasteiger partial charge on any atom is -0.469 e. The number of anilines is 1. The second kappa shape index (κ2) is 5.83. The van der Waals surface area contributed by atoms with E-state index < -0.39 is 29.1 Å². The van der Waals surface area contributed by atoms with Crippen LogP contribution in [0.2, 0.25) is 0 Å². The lowest BCUT2D eigenvalue weighted by atomic mass is 10.1. The summed E-state index contributed by atoms with van der Waals surface area (Å²) in [5.41, 5.74) is -0.704. The van der Waals surface area contributed by atoms with Gasteiger partial charge in [0.2, 0.25) is 5.91 Å². The molecule has 0 spiro atoms. The summed E-state index contributed by atoms with van der Waals surface area (Å²) in [5, 5.41) is 2.38. The molecule has 0 aliphatic heterocycles. The van der Waals surface area contributed by atoms with Crippen LogP contribution in [-0.2, 0) is 9.53 Å². The summed E-state index contributed by atoms with van der Waals surface area (Å²) in [7, 11) is 1.08. The van der Waals surface area contributed by atoms with Crippen molar-refractivity contribution in [2.24, 2.45) is 5.92 Å². The topological polar surface area (TPSA) is 68.5 Å². The molecule has 7 heteroatoms. The summed E-state index contributed by atoms with van der Waals surface area (Å²) < 4.78 is 37.0. The van der Waals surface area contributed by atoms with E-state index in [2.05, 4.69) is 10.1 Å². The zero-order chi connectivity index (χ0) is 16.6. The van der Waals surface area contributed by atoms with Crippen molar-refractivity contribution in [1.29, 1.82) is 0 Å². The molecular formula is C16H13F2NO4. The molecule has 5 nitrogen and oxygen atoms in total. The summed E-state index contributed by atoms with van der Waals surface area (Å²) in [4.78, 5) is 23.6. The smallest absolute Gasteiger partial charge is 0.340 e. The van der Waals surface area contributed by atoms with Gasteiger partial charge in [-0.1, -0.05) is 0 Å². The van der Waals surface area contributed by atoms with Gasteiger partial charge in [-0.05, 0) is 24.6 Å². The lowest BCUT2D eigenvalue weighted by molar-refractivity contribution is -0.117. The van der Waals surface area contributed by atoms with Gasteiger partial charge < -0.3 is 14.5 Å². The molecule has 1 aromatic heterocycles. The largest absolute Gasteiger partial charge is 0.469 e. The fourth-order valence-corrected chi connectivity index (χ4v) is 2.44. The number of hydrogen-bond acceptors (Lipinski definition) is 4. The van der Waals surface area contributed by atoms with Crippen LogP contribution in [0.4, 0.5) is 14.5 Å². The molecule has 1 amide bonds. The van der Waals surface area contributed by atoms with Crippen molar-refractivity contribution in [2.45, 2.75) is 12.3 Å². The Hall–Kier alpha value is -2.70. The molecule has 0 radical (unpaired) electrons. The van der Waals surface area contributed by atoms with Gasteiger partial charge in [0.05, 0.1) is 24.6 Å². The van der Waals surface area contributed by atoms with Crippen molar-refractivity contribution in [3.63, 3.8) is 0 Å². The Morgan fingerprint density at radius 1 is 1.30 bits per heavy atom. The minimum absolute atomic E-state index is 0.0476. The molecule has 1 N–H and O–H groups in total. The molecule has 23 heavy (non-hydrogen) atoms. The van der Waals surface area contributed by atoms with Gasteiger partial charge in [0.25, 0.3) is 0 Å². The number of esters is 1. The van der Waals surface area contributed by atoms with E-state index in [0.29, 0.717) is 18.2 Å². The molecule has 1 aliphatic carbocycles. The monoisotopic (exact) mass is 321 g/mol. The highest BCUT2D eigenvalue weighted by atomic mass is 19.1. The summed E-state index contributed by atoms with van der Waals surface area (Å²) in [6.45, 7) is 0. The number of nitrogens with one attached hydrogen (secondary N) is 1. The van der Waals surface area contributed by atoms with Crippen molar-refractivity contribution in [3.8, 4) is 0 Å². The number of hydrogen-bond donors (Lipinski definition) is 1. The van der Waals surface area contributed by atoms with E-state index >= 15 is 0 Å². The van der Waals surface area contributed by atoms with Gasteiger partial charge in [0, 0.05) is 17.9 Å². The van der Waals surface area contributed by atoms with Gasteiger partial charge in [-0.15, -0.1) is 0 Å². The number of halogens is 2. The SMILES string of the molecule is COC(=O)c1cc(NC(=O)C2CC2c2ccco2)c(F)cc1F. The highest BCUT2D eigenvalue weighted by Crippen LogP contribution is 2.48. The summed E-state index contributed by atoms with van der Waals surface area (Å²) in [5.74, 6) is -3.06. The molecule has 1 aromatic carbocycles. The molecule has 1 fully saturated rings. The molecule has 2 unspecified atom stereocenters. The fraction of sp³-hybridized carbons (Fsp3) is 0.250. The molecule has 2 atom stereocenters. The summed E-state index contributed by atoms with van der Waals surface area (Å²) in [6, 6.07) is 4.97. The highest BCUT2D eigenvalue weighted by molar-refractivity contribution is 5.97. The van der Waals surface area contributed by atoms with E-state index in [4.69, 9.17) is 4.42 Å². The number of methoxy groups -OCH3 is 1. The standard InChI is InChI=1S/C16H13F2NO4/c1-22-16(21)10-6-13(12(18)7-11(10)17)19-15(20)9-5-8(9)14-3-2-4-23-14/h2-4,6-9H,5H2,1H3,(H,19,20). The molecular weight excluding hydrogens is 308 g/mol. The highest BCUT2D eigenvalue weighted by Gasteiger charge is 2.46. The van der Waals surface area contributed by atoms with Crippen molar-refractivity contribution in [3.05, 3.63) is 53.5 Å². The molecule has 2 aromatic rings. The quantitative estimate of drug-likeness (QED) is 0.879. The van der Waals surface area contributed by atoms with E-state index in [9.17, 15) is 18.4 Å². The number of rotatable bonds is 4. The fourth-order valence-electron chi connectivity index (χ4n) is 2.44. The Kier molecular flexibility index (Phi) is 3.85. The number of carbonyl (C=O) groups is 2. The molecule has 3 rings (SSSR count). The summed E-state index contributed by atoms with van der Waals surface area (Å²) in [6.07, 6.45) is 2.11. The Bertz CT molecular complexity index is 758. The molecule has 120 valence electrons. The molecule has 0 saturated heterocycles. The van der Waals surface area contributed by atoms with Crippen molar-refractivity contribution < 1.29 is 27.5 Å². The minimum atomic E-state index is -1.05. The number of benzene rings is 1. The molecule has 1 aliphatic rings. The van der Waals surface area contributed by atoms with E-state index in [1.165, 1.54) is 6.26 Å². The van der Waals surface area contributed by atoms with Crippen LogP contribution in [0.15, 0.2) is 34.9 Å². The first-order valence-electron chi connectivity index (χ1n) is 6.93. The Morgan fingerprint density at radius 2 is 2.09 bits per heavy atom. The van der Waals surface area contributed by atoms with Crippen LogP contribution in [0, 0.1) is 17.6 Å². The van der Waals surface area contributed by atoms with Gasteiger partial charge in [-0.2, -0.15) is 0 Å². The van der Waals surface area contributed by atoms with Crippen molar-refractivity contribution in [1.82, 2.24) is 0 Å². The van der Waals surface area contributed by atoms with Crippen molar-refractivity contribution >= 4 is 17.6 Å². The first kappa shape index (κ1) is 15.2. The number of ether oxygens (including phenoxy) is 1. The predicted molar refractivity (Wildman–Crippen MR) is 75.9 cm³/mol. The van der Waals surface area contributed by atoms with Gasteiger partial charge in [0.15, 0.2) is 0 Å². The Balaban J connectivity index is 1.75. The zero-order valence-electron chi connectivity index (χ0n) is 12.1. The average Bonchev–Trinajstić information content (AvgIpc) is 3.15. The first-order valence-corrected chi connectivity index (χ1v) is 6.93. The number of amides is 1. The number of carbonyl (C=O) groups excluding carboxylic acids is 2. The van der Waals surface area contributed by atoms with Crippen molar-refractivity contribution in [2.75, 3.05) is 12.4 Å². The maximum Gasteiger partial charge on any atom is 0.340 e. The first-order chi connectivity index (χ1) is 11.0. The lowest BCUT2D eigenvalue weighted by Crippen LogP contribution is -2.17. The normalized spacial score (nSPS) is 19.3.